The Balaban J connectivity index is 2.52. The van der Waals surface area contributed by atoms with Crippen molar-refractivity contribution in [2.75, 3.05) is 6.54 Å². The number of quaternary nitrogens is 1. The van der Waals surface area contributed by atoms with Crippen LogP contribution in [-0.2, 0) is 4.79 Å². The van der Waals surface area contributed by atoms with Crippen molar-refractivity contribution >= 4 is 5.91 Å². The normalized spacial score (nSPS) is 27.5. The van der Waals surface area contributed by atoms with Crippen LogP contribution in [0.5, 0.6) is 0 Å². The first-order valence-corrected chi connectivity index (χ1v) is 4.86. The molecule has 0 aromatic carbocycles. The van der Waals surface area contributed by atoms with Gasteiger partial charge < -0.3 is 11.1 Å². The molecule has 0 unspecified atom stereocenters. The molecule has 4 N–H and O–H groups in total. The lowest BCUT2D eigenvalue weighted by molar-refractivity contribution is -0.430. The maximum atomic E-state index is 11.5. The topological polar surface area (TPSA) is 56.7 Å². The molecule has 3 heteroatoms. The van der Waals surface area contributed by atoms with Crippen LogP contribution in [0.4, 0.5) is 0 Å². The van der Waals surface area contributed by atoms with Crippen LogP contribution in [0.2, 0.25) is 0 Å². The summed E-state index contributed by atoms with van der Waals surface area (Å²) in [4.78, 5) is 11.5. The summed E-state index contributed by atoms with van der Waals surface area (Å²) in [6, 6.07) is 0.295. The zero-order valence-corrected chi connectivity index (χ0v) is 7.81. The largest absolute Gasteiger partial charge is 0.356 e. The van der Waals surface area contributed by atoms with Crippen molar-refractivity contribution in [3.63, 3.8) is 0 Å². The van der Waals surface area contributed by atoms with Gasteiger partial charge in [0.1, 0.15) is 0 Å². The second-order valence-corrected chi connectivity index (χ2v) is 3.56. The molecule has 12 heavy (non-hydrogen) atoms. The smallest absolute Gasteiger partial charge is 0.229 e. The molecule has 1 amide bonds. The van der Waals surface area contributed by atoms with Crippen molar-refractivity contribution in [2.45, 2.75) is 38.6 Å². The molecule has 1 saturated heterocycles. The SMILES string of the molecule is CC[C@@H]([NH3+])[C@H]1CCCCNC1=O. The van der Waals surface area contributed by atoms with Gasteiger partial charge in [0.2, 0.25) is 5.91 Å². The van der Waals surface area contributed by atoms with Crippen molar-refractivity contribution in [2.24, 2.45) is 5.92 Å². The Morgan fingerprint density at radius 2 is 2.42 bits per heavy atom. The van der Waals surface area contributed by atoms with E-state index in [1.54, 1.807) is 0 Å². The van der Waals surface area contributed by atoms with Gasteiger partial charge in [-0.05, 0) is 19.3 Å². The van der Waals surface area contributed by atoms with E-state index in [-0.39, 0.29) is 11.8 Å². The van der Waals surface area contributed by atoms with Gasteiger partial charge in [0.15, 0.2) is 0 Å². The Morgan fingerprint density at radius 3 is 3.08 bits per heavy atom. The highest BCUT2D eigenvalue weighted by Crippen LogP contribution is 2.15. The van der Waals surface area contributed by atoms with Crippen LogP contribution in [0, 0.1) is 5.92 Å². The molecule has 1 fully saturated rings. The van der Waals surface area contributed by atoms with Crippen LogP contribution in [0.1, 0.15) is 32.6 Å². The summed E-state index contributed by atoms with van der Waals surface area (Å²) in [5, 5.41) is 2.93. The summed E-state index contributed by atoms with van der Waals surface area (Å²) in [5.74, 6) is 0.381. The summed E-state index contributed by atoms with van der Waals surface area (Å²) in [5.41, 5.74) is 4.01. The lowest BCUT2D eigenvalue weighted by Gasteiger charge is -2.16. The third-order valence-corrected chi connectivity index (χ3v) is 2.67. The van der Waals surface area contributed by atoms with Gasteiger partial charge in [-0.2, -0.15) is 0 Å². The van der Waals surface area contributed by atoms with Gasteiger partial charge in [-0.1, -0.05) is 13.3 Å². The number of rotatable bonds is 2. The Morgan fingerprint density at radius 1 is 1.67 bits per heavy atom. The van der Waals surface area contributed by atoms with Gasteiger partial charge in [-0.3, -0.25) is 4.79 Å². The number of nitrogens with one attached hydrogen (secondary N) is 1. The van der Waals surface area contributed by atoms with Gasteiger partial charge in [-0.25, -0.2) is 0 Å². The van der Waals surface area contributed by atoms with E-state index in [0.717, 1.165) is 32.2 Å². The minimum atomic E-state index is 0.164. The molecule has 1 aliphatic rings. The highest BCUT2D eigenvalue weighted by atomic mass is 16.1. The third-order valence-electron chi connectivity index (χ3n) is 2.67. The summed E-state index contributed by atoms with van der Waals surface area (Å²) >= 11 is 0. The van der Waals surface area contributed by atoms with Gasteiger partial charge in [0.25, 0.3) is 0 Å². The molecule has 0 radical (unpaired) electrons. The lowest BCUT2D eigenvalue weighted by atomic mass is 9.93. The van der Waals surface area contributed by atoms with Gasteiger partial charge in [0.05, 0.1) is 12.0 Å². The first kappa shape index (κ1) is 9.52. The highest BCUT2D eigenvalue weighted by Gasteiger charge is 2.27. The van der Waals surface area contributed by atoms with Crippen molar-refractivity contribution in [3.05, 3.63) is 0 Å². The second-order valence-electron chi connectivity index (χ2n) is 3.56. The average molecular weight is 171 g/mol. The fraction of sp³-hybridized carbons (Fsp3) is 0.889. The number of carbonyl (C=O) groups is 1. The molecule has 70 valence electrons. The van der Waals surface area contributed by atoms with Crippen LogP contribution in [-0.4, -0.2) is 18.5 Å². The molecular weight excluding hydrogens is 152 g/mol. The van der Waals surface area contributed by atoms with Crippen LogP contribution in [0.25, 0.3) is 0 Å². The molecule has 0 aromatic heterocycles. The van der Waals surface area contributed by atoms with Crippen molar-refractivity contribution in [1.29, 1.82) is 0 Å². The van der Waals surface area contributed by atoms with Gasteiger partial charge >= 0.3 is 0 Å². The van der Waals surface area contributed by atoms with E-state index in [9.17, 15) is 4.79 Å². The molecule has 0 aliphatic carbocycles. The predicted molar refractivity (Wildman–Crippen MR) is 47.3 cm³/mol. The summed E-state index contributed by atoms with van der Waals surface area (Å²) in [6.45, 7) is 2.95. The highest BCUT2D eigenvalue weighted by molar-refractivity contribution is 5.79. The third kappa shape index (κ3) is 2.21. The molecule has 0 aromatic rings. The standard InChI is InChI=1S/C9H18N2O/c1-2-8(10)7-5-3-4-6-11-9(7)12/h7-8H,2-6,10H2,1H3,(H,11,12)/p+1/t7-,8-/m1/s1. The maximum absolute atomic E-state index is 11.5. The van der Waals surface area contributed by atoms with Crippen LogP contribution >= 0.6 is 0 Å². The number of hydrogen-bond donors (Lipinski definition) is 2. The zero-order chi connectivity index (χ0) is 8.97. The maximum Gasteiger partial charge on any atom is 0.229 e. The Labute approximate surface area is 73.7 Å². The number of carbonyl (C=O) groups excluding carboxylic acids is 1. The van der Waals surface area contributed by atoms with Crippen molar-refractivity contribution < 1.29 is 10.5 Å². The fourth-order valence-electron chi connectivity index (χ4n) is 1.70. The van der Waals surface area contributed by atoms with Crippen LogP contribution in [0.15, 0.2) is 0 Å². The van der Waals surface area contributed by atoms with E-state index in [1.165, 1.54) is 0 Å². The molecule has 1 aliphatic heterocycles. The van der Waals surface area contributed by atoms with E-state index in [1.807, 2.05) is 0 Å². The average Bonchev–Trinajstić information content (AvgIpc) is 2.28. The number of hydrogen-bond acceptors (Lipinski definition) is 1. The summed E-state index contributed by atoms with van der Waals surface area (Å²) < 4.78 is 0. The van der Waals surface area contributed by atoms with E-state index in [2.05, 4.69) is 18.0 Å². The Kier molecular flexibility index (Phi) is 3.53. The van der Waals surface area contributed by atoms with Crippen molar-refractivity contribution in [3.8, 4) is 0 Å². The Hall–Kier alpha value is -0.570. The molecule has 0 saturated carbocycles. The predicted octanol–water partition coefficient (Wildman–Crippen LogP) is -0.0768. The quantitative estimate of drug-likeness (QED) is 0.600. The molecule has 3 nitrogen and oxygen atoms in total. The van der Waals surface area contributed by atoms with Gasteiger partial charge in [0, 0.05) is 6.54 Å². The molecule has 1 heterocycles. The first-order valence-electron chi connectivity index (χ1n) is 4.86. The van der Waals surface area contributed by atoms with Crippen LogP contribution < -0.4 is 11.1 Å². The second kappa shape index (κ2) is 4.45. The lowest BCUT2D eigenvalue weighted by Crippen LogP contribution is -2.66. The minimum absolute atomic E-state index is 0.164. The molecular formula is C9H19N2O+. The summed E-state index contributed by atoms with van der Waals surface area (Å²) in [7, 11) is 0. The number of amides is 1. The monoisotopic (exact) mass is 171 g/mol. The molecule has 2 atom stereocenters. The van der Waals surface area contributed by atoms with Gasteiger partial charge in [-0.15, -0.1) is 0 Å². The van der Waals surface area contributed by atoms with E-state index in [4.69, 9.17) is 0 Å². The minimum Gasteiger partial charge on any atom is -0.356 e. The van der Waals surface area contributed by atoms with E-state index < -0.39 is 0 Å². The van der Waals surface area contributed by atoms with E-state index in [0.29, 0.717) is 6.04 Å². The first-order chi connectivity index (χ1) is 5.75. The molecule has 0 bridgehead atoms. The molecule has 1 rings (SSSR count). The summed E-state index contributed by atoms with van der Waals surface area (Å²) in [6.07, 6.45) is 4.31. The van der Waals surface area contributed by atoms with E-state index >= 15 is 0 Å². The molecule has 0 spiro atoms. The fourth-order valence-corrected chi connectivity index (χ4v) is 1.70. The van der Waals surface area contributed by atoms with Crippen LogP contribution in [0.3, 0.4) is 0 Å². The Bertz CT molecular complexity index is 159. The van der Waals surface area contributed by atoms with Crippen molar-refractivity contribution in [1.82, 2.24) is 5.32 Å². The zero-order valence-electron chi connectivity index (χ0n) is 7.81.